The second-order valence-corrected chi connectivity index (χ2v) is 4.98. The summed E-state index contributed by atoms with van der Waals surface area (Å²) in [6, 6.07) is 12.3. The Labute approximate surface area is 124 Å². The lowest BCUT2D eigenvalue weighted by Crippen LogP contribution is -2.12. The van der Waals surface area contributed by atoms with Gasteiger partial charge in [0.1, 0.15) is 5.75 Å². The minimum Gasteiger partial charge on any atom is -0.508 e. The molecule has 1 amide bonds. The third kappa shape index (κ3) is 4.07. The van der Waals surface area contributed by atoms with Gasteiger partial charge in [0.15, 0.2) is 0 Å². The summed E-state index contributed by atoms with van der Waals surface area (Å²) in [7, 11) is 0. The maximum absolute atomic E-state index is 12.2. The fourth-order valence-electron chi connectivity index (χ4n) is 2.09. The van der Waals surface area contributed by atoms with E-state index in [0.717, 1.165) is 17.7 Å². The zero-order valence-electron chi connectivity index (χ0n) is 12.0. The van der Waals surface area contributed by atoms with Crippen molar-refractivity contribution in [3.8, 4) is 5.75 Å². The van der Waals surface area contributed by atoms with Crippen molar-refractivity contribution < 1.29 is 15.0 Å². The van der Waals surface area contributed by atoms with Crippen LogP contribution in [-0.4, -0.2) is 22.7 Å². The monoisotopic (exact) mass is 285 g/mol. The molecule has 0 bridgehead atoms. The van der Waals surface area contributed by atoms with Crippen LogP contribution in [0, 0.1) is 6.92 Å². The van der Waals surface area contributed by atoms with E-state index in [-0.39, 0.29) is 18.3 Å². The fraction of sp³-hybridized carbons (Fsp3) is 0.235. The number of aliphatic hydroxyl groups excluding tert-OH is 1. The second-order valence-electron chi connectivity index (χ2n) is 4.98. The molecule has 0 atom stereocenters. The van der Waals surface area contributed by atoms with E-state index in [1.165, 1.54) is 6.07 Å². The van der Waals surface area contributed by atoms with E-state index in [1.54, 1.807) is 19.1 Å². The van der Waals surface area contributed by atoms with Crippen molar-refractivity contribution in [1.82, 2.24) is 0 Å². The van der Waals surface area contributed by atoms with Crippen LogP contribution < -0.4 is 5.32 Å². The second kappa shape index (κ2) is 6.90. The molecular weight excluding hydrogens is 266 g/mol. The van der Waals surface area contributed by atoms with Gasteiger partial charge in [-0.15, -0.1) is 0 Å². The SMILES string of the molecule is Cc1cc(C(=O)Nc2cccc(CCCO)c2)ccc1O. The van der Waals surface area contributed by atoms with Crippen LogP contribution in [0.3, 0.4) is 0 Å². The smallest absolute Gasteiger partial charge is 0.255 e. The summed E-state index contributed by atoms with van der Waals surface area (Å²) in [5, 5.41) is 21.2. The Morgan fingerprint density at radius 1 is 1.19 bits per heavy atom. The molecular formula is C17H19NO3. The van der Waals surface area contributed by atoms with Crippen molar-refractivity contribution >= 4 is 11.6 Å². The van der Waals surface area contributed by atoms with Crippen LogP contribution >= 0.6 is 0 Å². The average Bonchev–Trinajstić information content (AvgIpc) is 2.48. The van der Waals surface area contributed by atoms with Gasteiger partial charge in [0, 0.05) is 17.9 Å². The molecule has 0 saturated heterocycles. The Morgan fingerprint density at radius 2 is 2.00 bits per heavy atom. The van der Waals surface area contributed by atoms with Gasteiger partial charge in [0.25, 0.3) is 5.91 Å². The number of hydrogen-bond donors (Lipinski definition) is 3. The number of amides is 1. The molecule has 0 aliphatic carbocycles. The largest absolute Gasteiger partial charge is 0.508 e. The summed E-state index contributed by atoms with van der Waals surface area (Å²) in [5.74, 6) is -0.0324. The maximum atomic E-state index is 12.2. The molecule has 0 aromatic heterocycles. The summed E-state index contributed by atoms with van der Waals surface area (Å²) in [5.41, 5.74) is 2.97. The number of phenols is 1. The van der Waals surface area contributed by atoms with Crippen LogP contribution in [0.1, 0.15) is 27.9 Å². The quantitative estimate of drug-likeness (QED) is 0.791. The molecule has 0 spiro atoms. The van der Waals surface area contributed by atoms with Gasteiger partial charge in [-0.1, -0.05) is 12.1 Å². The Balaban J connectivity index is 2.10. The summed E-state index contributed by atoms with van der Waals surface area (Å²) in [4.78, 5) is 12.2. The summed E-state index contributed by atoms with van der Waals surface area (Å²) < 4.78 is 0. The number of rotatable bonds is 5. The zero-order valence-corrected chi connectivity index (χ0v) is 12.0. The number of aryl methyl sites for hydroxylation is 2. The standard InChI is InChI=1S/C17H19NO3/c1-12-10-14(7-8-16(12)20)17(21)18-15-6-2-4-13(11-15)5-3-9-19/h2,4,6-8,10-11,19-20H,3,5,9H2,1H3,(H,18,21). The highest BCUT2D eigenvalue weighted by molar-refractivity contribution is 6.04. The van der Waals surface area contributed by atoms with Crippen molar-refractivity contribution in [1.29, 1.82) is 0 Å². The van der Waals surface area contributed by atoms with Gasteiger partial charge in [-0.2, -0.15) is 0 Å². The molecule has 2 aromatic carbocycles. The number of carbonyl (C=O) groups is 1. The first kappa shape index (κ1) is 15.1. The van der Waals surface area contributed by atoms with E-state index >= 15 is 0 Å². The molecule has 0 fully saturated rings. The first-order chi connectivity index (χ1) is 10.1. The van der Waals surface area contributed by atoms with Crippen LogP contribution in [0.2, 0.25) is 0 Å². The molecule has 0 saturated carbocycles. The van der Waals surface area contributed by atoms with Gasteiger partial charge < -0.3 is 15.5 Å². The third-order valence-electron chi connectivity index (χ3n) is 3.27. The highest BCUT2D eigenvalue weighted by Crippen LogP contribution is 2.18. The highest BCUT2D eigenvalue weighted by atomic mass is 16.3. The number of nitrogens with one attached hydrogen (secondary N) is 1. The van der Waals surface area contributed by atoms with Crippen LogP contribution in [0.4, 0.5) is 5.69 Å². The van der Waals surface area contributed by atoms with Crippen LogP contribution in [0.5, 0.6) is 5.75 Å². The number of hydrogen-bond acceptors (Lipinski definition) is 3. The van der Waals surface area contributed by atoms with Crippen LogP contribution in [0.15, 0.2) is 42.5 Å². The summed E-state index contributed by atoms with van der Waals surface area (Å²) in [6.45, 7) is 1.91. The van der Waals surface area contributed by atoms with Gasteiger partial charge in [0.05, 0.1) is 0 Å². The minimum absolute atomic E-state index is 0.156. The molecule has 3 N–H and O–H groups in total. The van der Waals surface area contributed by atoms with E-state index in [9.17, 15) is 9.90 Å². The van der Waals surface area contributed by atoms with Crippen molar-refractivity contribution in [2.75, 3.05) is 11.9 Å². The van der Waals surface area contributed by atoms with Gasteiger partial charge in [-0.05, 0) is 61.2 Å². The molecule has 0 unspecified atom stereocenters. The van der Waals surface area contributed by atoms with Gasteiger partial charge in [-0.25, -0.2) is 0 Å². The molecule has 0 radical (unpaired) electrons. The lowest BCUT2D eigenvalue weighted by atomic mass is 10.1. The first-order valence-electron chi connectivity index (χ1n) is 6.91. The number of anilines is 1. The molecule has 0 aliphatic rings. The summed E-state index contributed by atoms with van der Waals surface area (Å²) >= 11 is 0. The van der Waals surface area contributed by atoms with E-state index < -0.39 is 0 Å². The molecule has 4 heteroatoms. The molecule has 0 heterocycles. The fourth-order valence-corrected chi connectivity index (χ4v) is 2.09. The highest BCUT2D eigenvalue weighted by Gasteiger charge is 2.08. The Kier molecular flexibility index (Phi) is 4.95. The van der Waals surface area contributed by atoms with E-state index in [2.05, 4.69) is 5.32 Å². The molecule has 110 valence electrons. The topological polar surface area (TPSA) is 69.6 Å². The number of phenolic OH excluding ortho intramolecular Hbond substituents is 1. The minimum atomic E-state index is -0.211. The maximum Gasteiger partial charge on any atom is 0.255 e. The predicted molar refractivity (Wildman–Crippen MR) is 82.6 cm³/mol. The average molecular weight is 285 g/mol. The Hall–Kier alpha value is -2.33. The lowest BCUT2D eigenvalue weighted by Gasteiger charge is -2.08. The lowest BCUT2D eigenvalue weighted by molar-refractivity contribution is 0.102. The Bertz CT molecular complexity index is 638. The molecule has 4 nitrogen and oxygen atoms in total. The number of aliphatic hydroxyl groups is 1. The van der Waals surface area contributed by atoms with Gasteiger partial charge in [-0.3, -0.25) is 4.79 Å². The zero-order chi connectivity index (χ0) is 15.2. The molecule has 21 heavy (non-hydrogen) atoms. The van der Waals surface area contributed by atoms with E-state index in [0.29, 0.717) is 17.5 Å². The Morgan fingerprint density at radius 3 is 2.71 bits per heavy atom. The third-order valence-corrected chi connectivity index (χ3v) is 3.27. The van der Waals surface area contributed by atoms with Gasteiger partial charge >= 0.3 is 0 Å². The van der Waals surface area contributed by atoms with Crippen LogP contribution in [-0.2, 0) is 6.42 Å². The first-order valence-corrected chi connectivity index (χ1v) is 6.91. The van der Waals surface area contributed by atoms with Crippen molar-refractivity contribution in [2.24, 2.45) is 0 Å². The van der Waals surface area contributed by atoms with Crippen molar-refractivity contribution in [2.45, 2.75) is 19.8 Å². The molecule has 2 aromatic rings. The number of carbonyl (C=O) groups excluding carboxylic acids is 1. The van der Waals surface area contributed by atoms with E-state index in [4.69, 9.17) is 5.11 Å². The number of benzene rings is 2. The molecule has 2 rings (SSSR count). The van der Waals surface area contributed by atoms with Crippen LogP contribution in [0.25, 0.3) is 0 Å². The summed E-state index contributed by atoms with van der Waals surface area (Å²) in [6.07, 6.45) is 1.48. The number of aromatic hydroxyl groups is 1. The predicted octanol–water partition coefficient (Wildman–Crippen LogP) is 2.88. The van der Waals surface area contributed by atoms with E-state index in [1.807, 2.05) is 24.3 Å². The van der Waals surface area contributed by atoms with Gasteiger partial charge in [0.2, 0.25) is 0 Å². The molecule has 0 aliphatic heterocycles. The van der Waals surface area contributed by atoms with Crippen molar-refractivity contribution in [3.05, 3.63) is 59.2 Å². The van der Waals surface area contributed by atoms with Crippen molar-refractivity contribution in [3.63, 3.8) is 0 Å². The normalized spacial score (nSPS) is 10.4.